The van der Waals surface area contributed by atoms with Gasteiger partial charge in [0, 0.05) is 45.5 Å². The fourth-order valence-corrected chi connectivity index (χ4v) is 5.66. The van der Waals surface area contributed by atoms with Crippen LogP contribution >= 0.6 is 0 Å². The lowest BCUT2D eigenvalue weighted by atomic mass is 10.1. The number of nitrogens with zero attached hydrogens (tertiary/aromatic N) is 3. The van der Waals surface area contributed by atoms with E-state index in [1.54, 1.807) is 16.8 Å². The lowest BCUT2D eigenvalue weighted by Crippen LogP contribution is -2.38. The first kappa shape index (κ1) is 27.6. The fourth-order valence-electron chi connectivity index (χ4n) is 5.66. The molecule has 4 heterocycles. The first-order valence-electron chi connectivity index (χ1n) is 14.4. The molecule has 1 amide bonds. The molecular weight excluding hydrogens is 529 g/mol. The molecule has 2 fully saturated rings. The first-order valence-corrected chi connectivity index (χ1v) is 14.4. The molecule has 0 bridgehead atoms. The van der Waals surface area contributed by atoms with Crippen LogP contribution < -0.4 is 20.8 Å². The van der Waals surface area contributed by atoms with Gasteiger partial charge in [-0.15, -0.1) is 0 Å². The van der Waals surface area contributed by atoms with E-state index in [0.717, 1.165) is 78.5 Å². The Morgan fingerprint density at radius 3 is 2.29 bits per heavy atom. The molecule has 3 aliphatic heterocycles. The van der Waals surface area contributed by atoms with E-state index in [1.165, 1.54) is 6.07 Å². The Balaban J connectivity index is 1.25. The molecule has 3 aromatic rings. The van der Waals surface area contributed by atoms with E-state index < -0.39 is 17.2 Å². The van der Waals surface area contributed by atoms with Crippen molar-refractivity contribution >= 4 is 22.5 Å². The van der Waals surface area contributed by atoms with Crippen LogP contribution in [0.15, 0.2) is 41.3 Å². The molecule has 2 N–H and O–H groups in total. The third kappa shape index (κ3) is 5.94. The standard InChI is InChI=1S/C30H36FN5O5/c31-23-19-21-27-29(26(23)32-7-3-9-34-11-15-39-16-12-34)41-25-6-2-1-5-24(25)36(27)20-22(28(21)37)30(38)33-8-4-10-35-13-17-40-18-14-35/h1-2,5-6,19-20,32H,3-4,7-18H2,(H,33,38). The molecule has 0 unspecified atom stereocenters. The van der Waals surface area contributed by atoms with Crippen molar-refractivity contribution in [2.24, 2.45) is 0 Å². The number of anilines is 1. The van der Waals surface area contributed by atoms with Crippen LogP contribution in [0, 0.1) is 5.82 Å². The van der Waals surface area contributed by atoms with Gasteiger partial charge in [-0.05, 0) is 44.1 Å². The number of benzene rings is 2. The minimum Gasteiger partial charge on any atom is -0.451 e. The van der Waals surface area contributed by atoms with E-state index in [0.29, 0.717) is 30.0 Å². The quantitative estimate of drug-likeness (QED) is 0.284. The first-order chi connectivity index (χ1) is 20.1. The van der Waals surface area contributed by atoms with Gasteiger partial charge in [0.25, 0.3) is 5.91 Å². The fraction of sp³-hybridized carbons (Fsp3) is 0.467. The van der Waals surface area contributed by atoms with E-state index in [-0.39, 0.29) is 22.4 Å². The number of nitrogens with one attached hydrogen (secondary N) is 2. The number of fused-ring (bicyclic) bond motifs is 2. The smallest absolute Gasteiger partial charge is 0.256 e. The van der Waals surface area contributed by atoms with Crippen molar-refractivity contribution in [1.82, 2.24) is 19.7 Å². The normalized spacial score (nSPS) is 17.2. The number of hydrogen-bond donors (Lipinski definition) is 2. The maximum atomic E-state index is 15.6. The number of rotatable bonds is 10. The highest BCUT2D eigenvalue weighted by Gasteiger charge is 2.28. The van der Waals surface area contributed by atoms with E-state index in [4.69, 9.17) is 14.2 Å². The van der Waals surface area contributed by atoms with Crippen molar-refractivity contribution < 1.29 is 23.4 Å². The predicted molar refractivity (Wildman–Crippen MR) is 154 cm³/mol. The van der Waals surface area contributed by atoms with Crippen LogP contribution in [0.2, 0.25) is 0 Å². The van der Waals surface area contributed by atoms with Gasteiger partial charge in [-0.25, -0.2) is 4.39 Å². The van der Waals surface area contributed by atoms with Gasteiger partial charge in [0.2, 0.25) is 5.43 Å². The average molecular weight is 566 g/mol. The molecule has 0 saturated carbocycles. The van der Waals surface area contributed by atoms with Crippen LogP contribution in [-0.4, -0.2) is 99.1 Å². The van der Waals surface area contributed by atoms with Crippen molar-refractivity contribution in [3.8, 4) is 17.2 Å². The highest BCUT2D eigenvalue weighted by Crippen LogP contribution is 2.45. The van der Waals surface area contributed by atoms with Crippen molar-refractivity contribution in [2.75, 3.05) is 84.1 Å². The van der Waals surface area contributed by atoms with Crippen LogP contribution in [0.1, 0.15) is 23.2 Å². The Morgan fingerprint density at radius 1 is 0.927 bits per heavy atom. The Morgan fingerprint density at radius 2 is 1.59 bits per heavy atom. The molecule has 0 aliphatic carbocycles. The summed E-state index contributed by atoms with van der Waals surface area (Å²) in [7, 11) is 0. The van der Waals surface area contributed by atoms with E-state index in [9.17, 15) is 9.59 Å². The number of pyridine rings is 1. The third-order valence-electron chi connectivity index (χ3n) is 7.87. The molecular formula is C30H36FN5O5. The molecule has 10 nitrogen and oxygen atoms in total. The third-order valence-corrected chi connectivity index (χ3v) is 7.87. The summed E-state index contributed by atoms with van der Waals surface area (Å²) in [4.78, 5) is 31.4. The van der Waals surface area contributed by atoms with E-state index >= 15 is 4.39 Å². The zero-order valence-electron chi connectivity index (χ0n) is 23.1. The Kier molecular flexibility index (Phi) is 8.47. The largest absolute Gasteiger partial charge is 0.451 e. The number of aromatic nitrogens is 1. The highest BCUT2D eigenvalue weighted by atomic mass is 19.1. The summed E-state index contributed by atoms with van der Waals surface area (Å²) in [5.74, 6) is -0.299. The number of carbonyl (C=O) groups excluding carboxylic acids is 1. The summed E-state index contributed by atoms with van der Waals surface area (Å²) in [5.41, 5.74) is 0.773. The van der Waals surface area contributed by atoms with Gasteiger partial charge in [0.1, 0.15) is 16.8 Å². The van der Waals surface area contributed by atoms with Gasteiger partial charge < -0.3 is 29.4 Å². The number of hydrogen-bond acceptors (Lipinski definition) is 8. The minimum atomic E-state index is -0.593. The van der Waals surface area contributed by atoms with Crippen molar-refractivity contribution in [1.29, 1.82) is 0 Å². The van der Waals surface area contributed by atoms with Crippen LogP contribution in [0.5, 0.6) is 11.5 Å². The molecule has 218 valence electrons. The highest BCUT2D eigenvalue weighted by molar-refractivity contribution is 6.01. The van der Waals surface area contributed by atoms with Gasteiger partial charge in [0.05, 0.1) is 37.5 Å². The second-order valence-corrected chi connectivity index (χ2v) is 10.6. The molecule has 0 atom stereocenters. The number of ether oxygens (including phenoxy) is 3. The summed E-state index contributed by atoms with van der Waals surface area (Å²) in [5, 5.41) is 6.19. The zero-order valence-corrected chi connectivity index (χ0v) is 23.1. The number of carbonyl (C=O) groups is 1. The molecule has 2 saturated heterocycles. The summed E-state index contributed by atoms with van der Waals surface area (Å²) >= 11 is 0. The maximum absolute atomic E-state index is 15.6. The number of amides is 1. The van der Waals surface area contributed by atoms with Crippen molar-refractivity contribution in [3.05, 3.63) is 58.1 Å². The maximum Gasteiger partial charge on any atom is 0.256 e. The second-order valence-electron chi connectivity index (χ2n) is 10.6. The van der Waals surface area contributed by atoms with Gasteiger partial charge in [-0.3, -0.25) is 19.4 Å². The summed E-state index contributed by atoms with van der Waals surface area (Å²) in [6, 6.07) is 8.55. The molecule has 1 aromatic heterocycles. The molecule has 6 rings (SSSR count). The van der Waals surface area contributed by atoms with Gasteiger partial charge >= 0.3 is 0 Å². The van der Waals surface area contributed by atoms with E-state index in [1.807, 2.05) is 18.2 Å². The number of halogens is 1. The van der Waals surface area contributed by atoms with Crippen LogP contribution in [0.4, 0.5) is 10.1 Å². The average Bonchev–Trinajstić information content (AvgIpc) is 3.00. The Bertz CT molecular complexity index is 1470. The van der Waals surface area contributed by atoms with Gasteiger partial charge in [-0.2, -0.15) is 0 Å². The van der Waals surface area contributed by atoms with Gasteiger partial charge in [0.15, 0.2) is 17.3 Å². The SMILES string of the molecule is O=C(NCCCN1CCOCC1)c1cn2c3c(c(NCCCN4CCOCC4)c(F)cc3c1=O)Oc1ccccc1-2. The number of morpholine rings is 2. The molecule has 0 spiro atoms. The van der Waals surface area contributed by atoms with Crippen LogP contribution in [-0.2, 0) is 9.47 Å². The molecule has 0 radical (unpaired) electrons. The summed E-state index contributed by atoms with van der Waals surface area (Å²) in [6.07, 6.45) is 3.11. The number of para-hydroxylation sites is 2. The van der Waals surface area contributed by atoms with Gasteiger partial charge in [-0.1, -0.05) is 12.1 Å². The lowest BCUT2D eigenvalue weighted by Gasteiger charge is -2.27. The topological polar surface area (TPSA) is 97.3 Å². The Labute approximate surface area is 238 Å². The lowest BCUT2D eigenvalue weighted by molar-refractivity contribution is 0.0374. The molecule has 41 heavy (non-hydrogen) atoms. The van der Waals surface area contributed by atoms with Crippen molar-refractivity contribution in [3.63, 3.8) is 0 Å². The van der Waals surface area contributed by atoms with E-state index in [2.05, 4.69) is 20.4 Å². The summed E-state index contributed by atoms with van der Waals surface area (Å²) < 4.78 is 34.3. The minimum absolute atomic E-state index is 0.0304. The predicted octanol–water partition coefficient (Wildman–Crippen LogP) is 2.82. The monoisotopic (exact) mass is 565 g/mol. The zero-order chi connectivity index (χ0) is 28.2. The van der Waals surface area contributed by atoms with Crippen LogP contribution in [0.25, 0.3) is 16.6 Å². The van der Waals surface area contributed by atoms with Crippen LogP contribution in [0.3, 0.4) is 0 Å². The van der Waals surface area contributed by atoms with Crippen molar-refractivity contribution in [2.45, 2.75) is 12.8 Å². The molecule has 3 aliphatic rings. The second kappa shape index (κ2) is 12.6. The molecule has 11 heteroatoms. The Hall–Kier alpha value is -3.51. The summed E-state index contributed by atoms with van der Waals surface area (Å²) in [6.45, 7) is 9.13. The molecule has 2 aromatic carbocycles.